The number of H-pyrrole nitrogens is 1. The maximum atomic E-state index is 11.3. The zero-order valence-corrected chi connectivity index (χ0v) is 6.87. The molecule has 0 spiro atoms. The standard InChI is InChI=1S/C8H11N3O/c1-5-4-6(5)7(12)11-8-9-2-3-10-8/h2-3,5-6H,4H2,1H3,(H2,9,10,11,12)/t5-,6-/m1/s1. The molecule has 0 unspecified atom stereocenters. The highest BCUT2D eigenvalue weighted by molar-refractivity contribution is 5.92. The molecule has 12 heavy (non-hydrogen) atoms. The second-order valence-electron chi connectivity index (χ2n) is 3.25. The third-order valence-electron chi connectivity index (χ3n) is 2.19. The average Bonchev–Trinajstić information content (AvgIpc) is 2.58. The van der Waals surface area contributed by atoms with Gasteiger partial charge in [0.25, 0.3) is 0 Å². The molecule has 1 amide bonds. The summed E-state index contributed by atoms with van der Waals surface area (Å²) in [5.74, 6) is 1.37. The quantitative estimate of drug-likeness (QED) is 0.687. The molecule has 64 valence electrons. The third kappa shape index (κ3) is 1.32. The summed E-state index contributed by atoms with van der Waals surface area (Å²) in [7, 11) is 0. The van der Waals surface area contributed by atoms with Crippen LogP contribution in [-0.4, -0.2) is 15.9 Å². The van der Waals surface area contributed by atoms with E-state index in [1.165, 1.54) is 0 Å². The van der Waals surface area contributed by atoms with Crippen LogP contribution in [0.15, 0.2) is 12.4 Å². The number of anilines is 1. The first kappa shape index (κ1) is 7.34. The van der Waals surface area contributed by atoms with Gasteiger partial charge in [-0.3, -0.25) is 10.1 Å². The van der Waals surface area contributed by atoms with Crippen LogP contribution in [0.5, 0.6) is 0 Å². The third-order valence-corrected chi connectivity index (χ3v) is 2.19. The molecule has 0 aliphatic heterocycles. The Balaban J connectivity index is 1.92. The summed E-state index contributed by atoms with van der Waals surface area (Å²) in [6.45, 7) is 2.08. The number of carbonyl (C=O) groups is 1. The van der Waals surface area contributed by atoms with E-state index in [0.29, 0.717) is 11.9 Å². The fourth-order valence-electron chi connectivity index (χ4n) is 1.23. The number of carbonyl (C=O) groups excluding carboxylic acids is 1. The predicted octanol–water partition coefficient (Wildman–Crippen LogP) is 1.00. The first-order chi connectivity index (χ1) is 5.77. The lowest BCUT2D eigenvalue weighted by molar-refractivity contribution is -0.117. The van der Waals surface area contributed by atoms with Gasteiger partial charge in [-0.15, -0.1) is 0 Å². The van der Waals surface area contributed by atoms with Gasteiger partial charge in [0.05, 0.1) is 0 Å². The fourth-order valence-corrected chi connectivity index (χ4v) is 1.23. The predicted molar refractivity (Wildman–Crippen MR) is 44.5 cm³/mol. The molecular weight excluding hydrogens is 154 g/mol. The van der Waals surface area contributed by atoms with Gasteiger partial charge in [-0.2, -0.15) is 0 Å². The van der Waals surface area contributed by atoms with E-state index in [0.717, 1.165) is 6.42 Å². The van der Waals surface area contributed by atoms with Crippen molar-refractivity contribution in [2.45, 2.75) is 13.3 Å². The Morgan fingerprint density at radius 1 is 1.83 bits per heavy atom. The van der Waals surface area contributed by atoms with Crippen LogP contribution in [0.1, 0.15) is 13.3 Å². The van der Waals surface area contributed by atoms with Crippen molar-refractivity contribution in [1.82, 2.24) is 9.97 Å². The normalized spacial score (nSPS) is 26.8. The summed E-state index contributed by atoms with van der Waals surface area (Å²) >= 11 is 0. The minimum atomic E-state index is 0.0810. The van der Waals surface area contributed by atoms with E-state index >= 15 is 0 Å². The van der Waals surface area contributed by atoms with Crippen molar-refractivity contribution in [2.24, 2.45) is 11.8 Å². The molecule has 0 aromatic carbocycles. The minimum absolute atomic E-state index is 0.0810. The van der Waals surface area contributed by atoms with Crippen molar-refractivity contribution >= 4 is 11.9 Å². The topological polar surface area (TPSA) is 57.8 Å². The molecule has 2 N–H and O–H groups in total. The van der Waals surface area contributed by atoms with Gasteiger partial charge >= 0.3 is 0 Å². The fraction of sp³-hybridized carbons (Fsp3) is 0.500. The maximum absolute atomic E-state index is 11.3. The summed E-state index contributed by atoms with van der Waals surface area (Å²) in [6.07, 6.45) is 4.31. The highest BCUT2D eigenvalue weighted by Crippen LogP contribution is 2.38. The number of nitrogens with one attached hydrogen (secondary N) is 2. The van der Waals surface area contributed by atoms with E-state index in [1.807, 2.05) is 0 Å². The van der Waals surface area contributed by atoms with Crippen molar-refractivity contribution in [3.63, 3.8) is 0 Å². The lowest BCUT2D eigenvalue weighted by Gasteiger charge is -1.98. The van der Waals surface area contributed by atoms with Crippen molar-refractivity contribution < 1.29 is 4.79 Å². The molecule has 0 saturated heterocycles. The molecule has 2 atom stereocenters. The Morgan fingerprint density at radius 2 is 2.58 bits per heavy atom. The van der Waals surface area contributed by atoms with Crippen molar-refractivity contribution in [2.75, 3.05) is 5.32 Å². The molecule has 1 heterocycles. The lowest BCUT2D eigenvalue weighted by atomic mass is 10.3. The Labute approximate surface area is 70.4 Å². The summed E-state index contributed by atoms with van der Waals surface area (Å²) in [5, 5.41) is 2.71. The highest BCUT2D eigenvalue weighted by atomic mass is 16.2. The molecule has 1 aliphatic rings. The molecule has 4 nitrogen and oxygen atoms in total. The van der Waals surface area contributed by atoms with Crippen molar-refractivity contribution in [3.8, 4) is 0 Å². The van der Waals surface area contributed by atoms with Gasteiger partial charge in [-0.25, -0.2) is 4.98 Å². The number of amides is 1. The van der Waals surface area contributed by atoms with Gasteiger partial charge in [0.1, 0.15) is 0 Å². The first-order valence-corrected chi connectivity index (χ1v) is 4.07. The molecule has 2 rings (SSSR count). The molecule has 1 aliphatic carbocycles. The van der Waals surface area contributed by atoms with Crippen LogP contribution in [0.4, 0.5) is 5.95 Å². The van der Waals surface area contributed by atoms with E-state index in [2.05, 4.69) is 22.2 Å². The number of rotatable bonds is 2. The number of hydrogen-bond acceptors (Lipinski definition) is 2. The molecular formula is C8H11N3O. The first-order valence-electron chi connectivity index (χ1n) is 4.07. The number of aromatic amines is 1. The zero-order chi connectivity index (χ0) is 8.55. The monoisotopic (exact) mass is 165 g/mol. The van der Waals surface area contributed by atoms with Gasteiger partial charge in [-0.05, 0) is 12.3 Å². The summed E-state index contributed by atoms with van der Waals surface area (Å²) in [4.78, 5) is 18.0. The number of hydrogen-bond donors (Lipinski definition) is 2. The van der Waals surface area contributed by atoms with E-state index in [4.69, 9.17) is 0 Å². The van der Waals surface area contributed by atoms with E-state index < -0.39 is 0 Å². The second-order valence-corrected chi connectivity index (χ2v) is 3.25. The van der Waals surface area contributed by atoms with Gasteiger partial charge in [0, 0.05) is 18.3 Å². The smallest absolute Gasteiger partial charge is 0.230 e. The van der Waals surface area contributed by atoms with Crippen molar-refractivity contribution in [3.05, 3.63) is 12.4 Å². The Hall–Kier alpha value is -1.32. The van der Waals surface area contributed by atoms with E-state index in [-0.39, 0.29) is 11.8 Å². The highest BCUT2D eigenvalue weighted by Gasteiger charge is 2.39. The number of imidazole rings is 1. The SMILES string of the molecule is C[C@@H]1C[C@H]1C(=O)Nc1ncc[nH]1. The molecule has 4 heteroatoms. The van der Waals surface area contributed by atoms with E-state index in [9.17, 15) is 4.79 Å². The Bertz CT molecular complexity index is 281. The largest absolute Gasteiger partial charge is 0.331 e. The molecule has 0 bridgehead atoms. The Morgan fingerprint density at radius 3 is 3.08 bits per heavy atom. The van der Waals surface area contributed by atoms with Crippen LogP contribution in [0.25, 0.3) is 0 Å². The lowest BCUT2D eigenvalue weighted by Crippen LogP contribution is -2.15. The van der Waals surface area contributed by atoms with E-state index in [1.54, 1.807) is 12.4 Å². The number of nitrogens with zero attached hydrogens (tertiary/aromatic N) is 1. The van der Waals surface area contributed by atoms with Crippen LogP contribution in [0, 0.1) is 11.8 Å². The molecule has 1 fully saturated rings. The summed E-state index contributed by atoms with van der Waals surface area (Å²) in [5.41, 5.74) is 0. The van der Waals surface area contributed by atoms with Crippen LogP contribution in [0.3, 0.4) is 0 Å². The van der Waals surface area contributed by atoms with Crippen molar-refractivity contribution in [1.29, 1.82) is 0 Å². The molecule has 1 aromatic heterocycles. The van der Waals surface area contributed by atoms with Gasteiger partial charge < -0.3 is 4.98 Å². The Kier molecular flexibility index (Phi) is 1.60. The van der Waals surface area contributed by atoms with Gasteiger partial charge in [0.15, 0.2) is 0 Å². The zero-order valence-electron chi connectivity index (χ0n) is 6.87. The van der Waals surface area contributed by atoms with Crippen LogP contribution < -0.4 is 5.32 Å². The molecule has 1 aromatic rings. The summed E-state index contributed by atoms with van der Waals surface area (Å²) < 4.78 is 0. The molecule has 1 saturated carbocycles. The summed E-state index contributed by atoms with van der Waals surface area (Å²) in [6, 6.07) is 0. The second kappa shape index (κ2) is 2.62. The van der Waals surface area contributed by atoms with Crippen LogP contribution in [0.2, 0.25) is 0 Å². The maximum Gasteiger partial charge on any atom is 0.230 e. The number of aromatic nitrogens is 2. The van der Waals surface area contributed by atoms with Crippen LogP contribution >= 0.6 is 0 Å². The van der Waals surface area contributed by atoms with Gasteiger partial charge in [0.2, 0.25) is 11.9 Å². The van der Waals surface area contributed by atoms with Crippen LogP contribution in [-0.2, 0) is 4.79 Å². The van der Waals surface area contributed by atoms with Gasteiger partial charge in [-0.1, -0.05) is 6.92 Å². The minimum Gasteiger partial charge on any atom is -0.331 e. The molecule has 0 radical (unpaired) electrons. The average molecular weight is 165 g/mol.